The smallest absolute Gasteiger partial charge is 0.276 e. The minimum Gasteiger partial charge on any atom is -0.363 e. The summed E-state index contributed by atoms with van der Waals surface area (Å²) in [5, 5.41) is 4.88. The molecule has 1 aromatic rings. The maximum Gasteiger partial charge on any atom is 0.276 e. The molecule has 2 aliphatic rings. The first kappa shape index (κ1) is 15.8. The largest absolute Gasteiger partial charge is 0.363 e. The van der Waals surface area contributed by atoms with E-state index in [9.17, 15) is 9.59 Å². The molecule has 0 spiro atoms. The lowest BCUT2D eigenvalue weighted by Gasteiger charge is -2.38. The van der Waals surface area contributed by atoms with Gasteiger partial charge in [0, 0.05) is 11.6 Å². The van der Waals surface area contributed by atoms with Crippen molar-refractivity contribution in [2.24, 2.45) is 5.92 Å². The summed E-state index contributed by atoms with van der Waals surface area (Å²) >= 11 is 0. The van der Waals surface area contributed by atoms with Crippen LogP contribution in [0.15, 0.2) is 24.3 Å². The van der Waals surface area contributed by atoms with E-state index < -0.39 is 0 Å². The van der Waals surface area contributed by atoms with Crippen molar-refractivity contribution in [1.82, 2.24) is 10.4 Å². The van der Waals surface area contributed by atoms with E-state index in [1.165, 1.54) is 11.4 Å². The molecule has 0 radical (unpaired) electrons. The summed E-state index contributed by atoms with van der Waals surface area (Å²) in [6.07, 6.45) is 6.81. The van der Waals surface area contributed by atoms with E-state index in [-0.39, 0.29) is 23.9 Å². The lowest BCUT2D eigenvalue weighted by Crippen LogP contribution is -2.58. The molecule has 23 heavy (non-hydrogen) atoms. The Morgan fingerprint density at radius 2 is 2.00 bits per heavy atom. The van der Waals surface area contributed by atoms with Gasteiger partial charge in [-0.3, -0.25) is 15.0 Å². The molecule has 124 valence electrons. The standard InChI is InChI=1S/C18H25N3O2/c1-2-8-16-19-15-12-7-6-11-14(15)18(23)21(16)20-17(22)13-9-4-3-5-10-13/h6-7,11-13,16,19H,2-5,8-10H2,1H3,(H,20,22). The number of carbonyl (C=O) groups is 2. The Labute approximate surface area is 137 Å². The fourth-order valence-corrected chi connectivity index (χ4v) is 3.49. The van der Waals surface area contributed by atoms with Crippen LogP contribution in [0.2, 0.25) is 0 Å². The molecule has 0 aromatic heterocycles. The Balaban J connectivity index is 1.77. The Morgan fingerprint density at radius 1 is 1.26 bits per heavy atom. The van der Waals surface area contributed by atoms with E-state index in [1.807, 2.05) is 18.2 Å². The van der Waals surface area contributed by atoms with Crippen molar-refractivity contribution in [3.63, 3.8) is 0 Å². The summed E-state index contributed by atoms with van der Waals surface area (Å²) in [6.45, 7) is 2.08. The third kappa shape index (κ3) is 3.33. The summed E-state index contributed by atoms with van der Waals surface area (Å²) in [5.41, 5.74) is 4.36. The van der Waals surface area contributed by atoms with Crippen molar-refractivity contribution in [2.75, 3.05) is 5.32 Å². The SMILES string of the molecule is CCCC1Nc2ccccc2C(=O)N1NC(=O)C1CCCCC1. The molecule has 0 bridgehead atoms. The summed E-state index contributed by atoms with van der Waals surface area (Å²) in [7, 11) is 0. The van der Waals surface area contributed by atoms with Crippen molar-refractivity contribution in [3.8, 4) is 0 Å². The average Bonchev–Trinajstić information content (AvgIpc) is 2.59. The van der Waals surface area contributed by atoms with E-state index in [0.717, 1.165) is 44.2 Å². The number of fused-ring (bicyclic) bond motifs is 1. The number of nitrogens with zero attached hydrogens (tertiary/aromatic N) is 1. The number of benzene rings is 1. The van der Waals surface area contributed by atoms with Gasteiger partial charge in [0.15, 0.2) is 0 Å². The van der Waals surface area contributed by atoms with Gasteiger partial charge in [0.25, 0.3) is 5.91 Å². The van der Waals surface area contributed by atoms with Crippen LogP contribution in [0.4, 0.5) is 5.69 Å². The first-order valence-corrected chi connectivity index (χ1v) is 8.70. The second-order valence-corrected chi connectivity index (χ2v) is 6.48. The third-order valence-corrected chi connectivity index (χ3v) is 4.78. The monoisotopic (exact) mass is 315 g/mol. The van der Waals surface area contributed by atoms with E-state index in [2.05, 4.69) is 17.7 Å². The maximum atomic E-state index is 12.8. The summed E-state index contributed by atoms with van der Waals surface area (Å²) in [6, 6.07) is 7.47. The number of hydrogen-bond acceptors (Lipinski definition) is 3. The number of anilines is 1. The molecule has 1 saturated carbocycles. The summed E-state index contributed by atoms with van der Waals surface area (Å²) in [5.74, 6) is -0.0988. The van der Waals surface area contributed by atoms with E-state index in [1.54, 1.807) is 6.07 Å². The van der Waals surface area contributed by atoms with Gasteiger partial charge in [-0.05, 0) is 31.4 Å². The zero-order chi connectivity index (χ0) is 16.2. The number of amides is 2. The predicted molar refractivity (Wildman–Crippen MR) is 89.6 cm³/mol. The zero-order valence-corrected chi connectivity index (χ0v) is 13.7. The molecular formula is C18H25N3O2. The van der Waals surface area contributed by atoms with Gasteiger partial charge in [-0.1, -0.05) is 44.7 Å². The van der Waals surface area contributed by atoms with Crippen LogP contribution in [0.25, 0.3) is 0 Å². The molecular weight excluding hydrogens is 290 g/mol. The van der Waals surface area contributed by atoms with E-state index >= 15 is 0 Å². The van der Waals surface area contributed by atoms with Crippen LogP contribution in [0.5, 0.6) is 0 Å². The Hall–Kier alpha value is -2.04. The zero-order valence-electron chi connectivity index (χ0n) is 13.7. The van der Waals surface area contributed by atoms with Crippen LogP contribution in [-0.4, -0.2) is 23.0 Å². The minimum atomic E-state index is -0.185. The van der Waals surface area contributed by atoms with Crippen molar-refractivity contribution in [2.45, 2.75) is 58.0 Å². The van der Waals surface area contributed by atoms with Crippen LogP contribution >= 0.6 is 0 Å². The second-order valence-electron chi connectivity index (χ2n) is 6.48. The van der Waals surface area contributed by atoms with Crippen LogP contribution in [0, 0.1) is 5.92 Å². The van der Waals surface area contributed by atoms with Crippen molar-refractivity contribution >= 4 is 17.5 Å². The molecule has 1 aromatic carbocycles. The van der Waals surface area contributed by atoms with Gasteiger partial charge in [0.2, 0.25) is 5.91 Å². The van der Waals surface area contributed by atoms with Gasteiger partial charge >= 0.3 is 0 Å². The molecule has 3 rings (SSSR count). The van der Waals surface area contributed by atoms with Crippen LogP contribution in [0.1, 0.15) is 62.2 Å². The van der Waals surface area contributed by atoms with Gasteiger partial charge in [0.1, 0.15) is 6.17 Å². The fraction of sp³-hybridized carbons (Fsp3) is 0.556. The average molecular weight is 315 g/mol. The van der Waals surface area contributed by atoms with Gasteiger partial charge < -0.3 is 5.32 Å². The Morgan fingerprint density at radius 3 is 2.74 bits per heavy atom. The molecule has 1 heterocycles. The highest BCUT2D eigenvalue weighted by atomic mass is 16.2. The first-order valence-electron chi connectivity index (χ1n) is 8.70. The quantitative estimate of drug-likeness (QED) is 0.896. The number of carbonyl (C=O) groups excluding carboxylic acids is 2. The number of hydrogen-bond donors (Lipinski definition) is 2. The number of nitrogens with one attached hydrogen (secondary N) is 2. The molecule has 5 heteroatoms. The fourth-order valence-electron chi connectivity index (χ4n) is 3.49. The molecule has 2 N–H and O–H groups in total. The van der Waals surface area contributed by atoms with Crippen molar-refractivity contribution in [1.29, 1.82) is 0 Å². The normalized spacial score (nSPS) is 21.5. The van der Waals surface area contributed by atoms with E-state index in [0.29, 0.717) is 5.56 Å². The highest BCUT2D eigenvalue weighted by molar-refractivity contribution is 6.02. The highest BCUT2D eigenvalue weighted by Crippen LogP contribution is 2.27. The summed E-state index contributed by atoms with van der Waals surface area (Å²) < 4.78 is 0. The maximum absolute atomic E-state index is 12.8. The van der Waals surface area contributed by atoms with Crippen LogP contribution < -0.4 is 10.7 Å². The lowest BCUT2D eigenvalue weighted by molar-refractivity contribution is -0.130. The first-order chi connectivity index (χ1) is 11.2. The van der Waals surface area contributed by atoms with Gasteiger partial charge in [0.05, 0.1) is 5.56 Å². The number of rotatable bonds is 4. The molecule has 5 nitrogen and oxygen atoms in total. The molecule has 1 fully saturated rings. The second kappa shape index (κ2) is 7.02. The Kier molecular flexibility index (Phi) is 4.84. The number of hydrazine groups is 1. The van der Waals surface area contributed by atoms with Gasteiger partial charge in [-0.2, -0.15) is 0 Å². The topological polar surface area (TPSA) is 61.4 Å². The molecule has 1 aliphatic heterocycles. The van der Waals surface area contributed by atoms with Crippen LogP contribution in [0.3, 0.4) is 0 Å². The summed E-state index contributed by atoms with van der Waals surface area (Å²) in [4.78, 5) is 25.3. The van der Waals surface area contributed by atoms with Gasteiger partial charge in [-0.15, -0.1) is 0 Å². The lowest BCUT2D eigenvalue weighted by atomic mass is 9.89. The minimum absolute atomic E-state index is 0.0136. The van der Waals surface area contributed by atoms with Gasteiger partial charge in [-0.25, -0.2) is 5.01 Å². The predicted octanol–water partition coefficient (Wildman–Crippen LogP) is 3.29. The number of para-hydroxylation sites is 1. The molecule has 0 saturated heterocycles. The van der Waals surface area contributed by atoms with Crippen LogP contribution in [-0.2, 0) is 4.79 Å². The third-order valence-electron chi connectivity index (χ3n) is 4.78. The molecule has 1 aliphatic carbocycles. The Bertz CT molecular complexity index is 581. The van der Waals surface area contributed by atoms with Crippen molar-refractivity contribution in [3.05, 3.63) is 29.8 Å². The van der Waals surface area contributed by atoms with E-state index in [4.69, 9.17) is 0 Å². The molecule has 1 atom stereocenters. The molecule has 1 unspecified atom stereocenters. The van der Waals surface area contributed by atoms with Crippen molar-refractivity contribution < 1.29 is 9.59 Å². The highest BCUT2D eigenvalue weighted by Gasteiger charge is 2.34. The molecule has 2 amide bonds.